The molecule has 36 heavy (non-hydrogen) atoms. The molecule has 4 rings (SSSR count). The molecule has 2 amide bonds. The highest BCUT2D eigenvalue weighted by atomic mass is 32.2. The maximum Gasteiger partial charge on any atom is 0.407 e. The Labute approximate surface area is 213 Å². The van der Waals surface area contributed by atoms with Crippen LogP contribution in [0.1, 0.15) is 28.6 Å². The molecule has 2 aromatic heterocycles. The average molecular weight is 509 g/mol. The Balaban J connectivity index is 1.59. The smallest absolute Gasteiger partial charge is 0.407 e. The highest BCUT2D eigenvalue weighted by Crippen LogP contribution is 2.31. The number of pyridine rings is 1. The summed E-state index contributed by atoms with van der Waals surface area (Å²) in [6.45, 7) is 1.35. The standard InChI is InChI=1S/C25H28N6O4S/c1-29-13-14-31(23(32)19-16-27-24(36-3)28-22(19)29)17-7-6-8-18(15-17)35-21(10-12-30(2)25(33)34)20-9-4-5-11-26-20/h4-9,11,15-16,21H,10,12-14H2,1-3H3,(H,33,34). The molecule has 3 heterocycles. The summed E-state index contributed by atoms with van der Waals surface area (Å²) in [6, 6.07) is 12.9. The fourth-order valence-electron chi connectivity index (χ4n) is 3.88. The zero-order valence-electron chi connectivity index (χ0n) is 20.4. The van der Waals surface area contributed by atoms with Crippen LogP contribution in [0.15, 0.2) is 60.0 Å². The van der Waals surface area contributed by atoms with Gasteiger partial charge in [0, 0.05) is 64.3 Å². The molecule has 0 bridgehead atoms. The molecule has 1 aliphatic rings. The van der Waals surface area contributed by atoms with E-state index < -0.39 is 12.2 Å². The highest BCUT2D eigenvalue weighted by Gasteiger charge is 2.28. The predicted molar refractivity (Wildman–Crippen MR) is 138 cm³/mol. The molecule has 3 aromatic rings. The van der Waals surface area contributed by atoms with Crippen LogP contribution in [0.3, 0.4) is 0 Å². The van der Waals surface area contributed by atoms with Crippen molar-refractivity contribution in [2.24, 2.45) is 0 Å². The van der Waals surface area contributed by atoms with Crippen molar-refractivity contribution in [3.63, 3.8) is 0 Å². The number of hydrogen-bond acceptors (Lipinski definition) is 8. The van der Waals surface area contributed by atoms with Gasteiger partial charge in [-0.15, -0.1) is 0 Å². The van der Waals surface area contributed by atoms with Gasteiger partial charge in [-0.2, -0.15) is 0 Å². The van der Waals surface area contributed by atoms with E-state index in [0.29, 0.717) is 53.2 Å². The normalized spacial score (nSPS) is 14.1. The Kier molecular flexibility index (Phi) is 7.89. The number of likely N-dealkylation sites (N-methyl/N-ethyl adjacent to an activating group) is 1. The van der Waals surface area contributed by atoms with E-state index in [1.54, 1.807) is 17.3 Å². The zero-order chi connectivity index (χ0) is 25.7. The van der Waals surface area contributed by atoms with Crippen LogP contribution in [0.4, 0.5) is 16.3 Å². The predicted octanol–water partition coefficient (Wildman–Crippen LogP) is 3.81. The first-order valence-electron chi connectivity index (χ1n) is 11.4. The summed E-state index contributed by atoms with van der Waals surface area (Å²) in [5.74, 6) is 0.997. The van der Waals surface area contributed by atoms with Gasteiger partial charge in [0.2, 0.25) is 0 Å². The van der Waals surface area contributed by atoms with Gasteiger partial charge in [0.1, 0.15) is 23.2 Å². The number of thioether (sulfide) groups is 1. The lowest BCUT2D eigenvalue weighted by Gasteiger charge is -2.24. The number of ether oxygens (including phenoxy) is 1. The summed E-state index contributed by atoms with van der Waals surface area (Å²) in [6.07, 6.45) is 4.11. The number of anilines is 2. The topological polar surface area (TPSA) is 112 Å². The summed E-state index contributed by atoms with van der Waals surface area (Å²) >= 11 is 1.43. The van der Waals surface area contributed by atoms with Crippen LogP contribution in [0.25, 0.3) is 0 Å². The van der Waals surface area contributed by atoms with E-state index in [0.717, 1.165) is 0 Å². The van der Waals surface area contributed by atoms with Crippen molar-refractivity contribution in [3.8, 4) is 5.75 Å². The van der Waals surface area contributed by atoms with Crippen LogP contribution in [-0.4, -0.2) is 76.9 Å². The number of aromatic nitrogens is 3. The summed E-state index contributed by atoms with van der Waals surface area (Å²) in [4.78, 5) is 42.9. The van der Waals surface area contributed by atoms with Crippen LogP contribution >= 0.6 is 11.8 Å². The van der Waals surface area contributed by atoms with E-state index >= 15 is 0 Å². The minimum Gasteiger partial charge on any atom is -0.484 e. The minimum atomic E-state index is -1.00. The van der Waals surface area contributed by atoms with Crippen LogP contribution in [0, 0.1) is 0 Å². The average Bonchev–Trinajstić information content (AvgIpc) is 3.02. The lowest BCUT2D eigenvalue weighted by molar-refractivity contribution is 0.0989. The molecule has 0 aliphatic carbocycles. The van der Waals surface area contributed by atoms with Crippen molar-refractivity contribution in [1.82, 2.24) is 19.9 Å². The second kappa shape index (κ2) is 11.3. The Morgan fingerprint density at radius 3 is 2.78 bits per heavy atom. The first-order chi connectivity index (χ1) is 17.4. The van der Waals surface area contributed by atoms with E-state index in [1.807, 2.05) is 60.7 Å². The molecule has 11 heteroatoms. The number of fused-ring (bicyclic) bond motifs is 1. The largest absolute Gasteiger partial charge is 0.484 e. The van der Waals surface area contributed by atoms with Crippen LogP contribution in [0.5, 0.6) is 5.75 Å². The van der Waals surface area contributed by atoms with Crippen molar-refractivity contribution in [3.05, 3.63) is 66.1 Å². The molecule has 0 saturated carbocycles. The van der Waals surface area contributed by atoms with Gasteiger partial charge < -0.3 is 24.5 Å². The van der Waals surface area contributed by atoms with Gasteiger partial charge in [-0.1, -0.05) is 23.9 Å². The number of amides is 2. The summed E-state index contributed by atoms with van der Waals surface area (Å²) in [7, 11) is 3.43. The molecular weight excluding hydrogens is 480 g/mol. The Morgan fingerprint density at radius 2 is 2.06 bits per heavy atom. The molecular formula is C25H28N6O4S. The lowest BCUT2D eigenvalue weighted by Crippen LogP contribution is -2.33. The minimum absolute atomic E-state index is 0.177. The zero-order valence-corrected chi connectivity index (χ0v) is 21.2. The van der Waals surface area contributed by atoms with E-state index in [9.17, 15) is 14.7 Å². The maximum absolute atomic E-state index is 13.5. The van der Waals surface area contributed by atoms with Crippen molar-refractivity contribution in [2.75, 3.05) is 49.8 Å². The molecule has 0 saturated heterocycles. The van der Waals surface area contributed by atoms with E-state index in [4.69, 9.17) is 4.74 Å². The summed E-state index contributed by atoms with van der Waals surface area (Å²) in [5, 5.41) is 9.84. The van der Waals surface area contributed by atoms with Crippen molar-refractivity contribution in [2.45, 2.75) is 17.7 Å². The van der Waals surface area contributed by atoms with Crippen LogP contribution in [0.2, 0.25) is 0 Å². The maximum atomic E-state index is 13.5. The number of nitrogens with zero attached hydrogens (tertiary/aromatic N) is 6. The van der Waals surface area contributed by atoms with Gasteiger partial charge in [0.25, 0.3) is 5.91 Å². The Morgan fingerprint density at radius 1 is 1.22 bits per heavy atom. The monoisotopic (exact) mass is 508 g/mol. The molecule has 0 radical (unpaired) electrons. The fourth-order valence-corrected chi connectivity index (χ4v) is 4.21. The molecule has 1 atom stereocenters. The third-order valence-corrected chi connectivity index (χ3v) is 6.47. The molecule has 0 spiro atoms. The third kappa shape index (κ3) is 5.68. The van der Waals surface area contributed by atoms with E-state index in [2.05, 4.69) is 15.0 Å². The number of hydrogen-bond donors (Lipinski definition) is 1. The molecule has 1 aromatic carbocycles. The molecule has 1 unspecified atom stereocenters. The van der Waals surface area contributed by atoms with Crippen molar-refractivity contribution >= 4 is 35.3 Å². The molecule has 0 fully saturated rings. The van der Waals surface area contributed by atoms with E-state index in [1.165, 1.54) is 23.7 Å². The first-order valence-corrected chi connectivity index (χ1v) is 12.7. The molecule has 188 valence electrons. The third-order valence-electron chi connectivity index (χ3n) is 5.90. The molecule has 10 nitrogen and oxygen atoms in total. The SMILES string of the molecule is CSc1ncc2c(n1)N(C)CCN(c1cccc(OC(CCN(C)C(=O)O)c3ccccn3)c1)C2=O. The van der Waals surface area contributed by atoms with Gasteiger partial charge in [0.15, 0.2) is 5.16 Å². The van der Waals surface area contributed by atoms with Gasteiger partial charge in [-0.05, 0) is 30.5 Å². The lowest BCUT2D eigenvalue weighted by atomic mass is 10.1. The summed E-state index contributed by atoms with van der Waals surface area (Å²) in [5.41, 5.74) is 1.84. The highest BCUT2D eigenvalue weighted by molar-refractivity contribution is 7.98. The van der Waals surface area contributed by atoms with Crippen molar-refractivity contribution < 1.29 is 19.4 Å². The number of carbonyl (C=O) groups excluding carboxylic acids is 1. The molecule has 1 aliphatic heterocycles. The number of rotatable bonds is 8. The van der Waals surface area contributed by atoms with Gasteiger partial charge in [-0.3, -0.25) is 9.78 Å². The Hall–Kier alpha value is -3.86. The van der Waals surface area contributed by atoms with E-state index in [-0.39, 0.29) is 12.5 Å². The van der Waals surface area contributed by atoms with Gasteiger partial charge >= 0.3 is 6.09 Å². The van der Waals surface area contributed by atoms with Gasteiger partial charge in [-0.25, -0.2) is 14.8 Å². The van der Waals surface area contributed by atoms with Crippen LogP contribution in [-0.2, 0) is 0 Å². The molecule has 1 N–H and O–H groups in total. The first kappa shape index (κ1) is 25.2. The quantitative estimate of drug-likeness (QED) is 0.358. The number of carbonyl (C=O) groups is 2. The number of benzene rings is 1. The number of carboxylic acid groups (broad SMARTS) is 1. The fraction of sp³-hybridized carbons (Fsp3) is 0.320. The van der Waals surface area contributed by atoms with Gasteiger partial charge in [0.05, 0.1) is 5.69 Å². The van der Waals surface area contributed by atoms with Crippen LogP contribution < -0.4 is 14.5 Å². The second-order valence-corrected chi connectivity index (χ2v) is 9.10. The Bertz CT molecular complexity index is 1230. The van der Waals surface area contributed by atoms with Crippen molar-refractivity contribution in [1.29, 1.82) is 0 Å². The second-order valence-electron chi connectivity index (χ2n) is 8.32. The summed E-state index contributed by atoms with van der Waals surface area (Å²) < 4.78 is 6.29.